The van der Waals surface area contributed by atoms with E-state index in [2.05, 4.69) is 21.2 Å². The summed E-state index contributed by atoms with van der Waals surface area (Å²) in [5, 5.41) is 11.9. The molecule has 0 bridgehead atoms. The minimum absolute atomic E-state index is 0.350. The maximum Gasteiger partial charge on any atom is 0.244 e. The van der Waals surface area contributed by atoms with Crippen LogP contribution < -0.4 is 10.1 Å². The zero-order valence-corrected chi connectivity index (χ0v) is 14.2. The van der Waals surface area contributed by atoms with Crippen LogP contribution in [0, 0.1) is 37.5 Å². The summed E-state index contributed by atoms with van der Waals surface area (Å²) in [7, 11) is 1.57. The second-order valence-electron chi connectivity index (χ2n) is 5.29. The van der Waals surface area contributed by atoms with Crippen molar-refractivity contribution in [2.24, 2.45) is 5.41 Å². The molecule has 0 aliphatic rings. The van der Waals surface area contributed by atoms with E-state index in [0.29, 0.717) is 11.4 Å². The molecule has 0 fully saturated rings. The van der Waals surface area contributed by atoms with E-state index < -0.39 is 5.41 Å². The number of benzene rings is 1. The number of methoxy groups -OCH3 is 1. The van der Waals surface area contributed by atoms with Crippen molar-refractivity contribution in [2.45, 2.75) is 34.6 Å². The lowest BCUT2D eigenvalue weighted by Gasteiger charge is -2.22. The first-order chi connectivity index (χ1) is 9.17. The number of amides is 1. The SMILES string of the molecule is COc1c(C)c(C)c(Br)c(C)c1NC(=O)C(C)(C)C#N. The number of hydrogen-bond donors (Lipinski definition) is 1. The van der Waals surface area contributed by atoms with Gasteiger partial charge in [0.25, 0.3) is 0 Å². The lowest BCUT2D eigenvalue weighted by atomic mass is 9.94. The first-order valence-electron chi connectivity index (χ1n) is 6.23. The number of ether oxygens (including phenoxy) is 1. The average Bonchev–Trinajstić information content (AvgIpc) is 2.42. The third kappa shape index (κ3) is 2.80. The number of carbonyl (C=O) groups is 1. The number of nitrogens with one attached hydrogen (secondary N) is 1. The molecule has 0 atom stereocenters. The number of halogens is 1. The van der Waals surface area contributed by atoms with Crippen molar-refractivity contribution in [1.82, 2.24) is 0 Å². The molecule has 0 heterocycles. The molecule has 4 nitrogen and oxygen atoms in total. The third-order valence-corrected chi connectivity index (χ3v) is 4.64. The molecule has 108 valence electrons. The second kappa shape index (κ2) is 5.84. The molecule has 0 unspecified atom stereocenters. The summed E-state index contributed by atoms with van der Waals surface area (Å²) in [5.41, 5.74) is 2.41. The Morgan fingerprint density at radius 2 is 1.80 bits per heavy atom. The summed E-state index contributed by atoms with van der Waals surface area (Å²) in [6.07, 6.45) is 0. The molecule has 0 saturated carbocycles. The van der Waals surface area contributed by atoms with Gasteiger partial charge in [-0.1, -0.05) is 15.9 Å². The minimum Gasteiger partial charge on any atom is -0.494 e. The Balaban J connectivity index is 3.40. The molecular formula is C15H19BrN2O2. The second-order valence-corrected chi connectivity index (χ2v) is 6.08. The van der Waals surface area contributed by atoms with Crippen LogP contribution in [0.2, 0.25) is 0 Å². The first-order valence-corrected chi connectivity index (χ1v) is 7.02. The number of anilines is 1. The summed E-state index contributed by atoms with van der Waals surface area (Å²) >= 11 is 3.53. The molecule has 0 aliphatic carbocycles. The molecule has 1 rings (SSSR count). The van der Waals surface area contributed by atoms with Crippen LogP contribution in [0.1, 0.15) is 30.5 Å². The highest BCUT2D eigenvalue weighted by atomic mass is 79.9. The van der Waals surface area contributed by atoms with E-state index in [4.69, 9.17) is 10.00 Å². The minimum atomic E-state index is -1.09. The van der Waals surface area contributed by atoms with E-state index in [-0.39, 0.29) is 5.91 Å². The quantitative estimate of drug-likeness (QED) is 0.909. The highest BCUT2D eigenvalue weighted by Gasteiger charge is 2.29. The van der Waals surface area contributed by atoms with Crippen molar-refractivity contribution in [1.29, 1.82) is 5.26 Å². The van der Waals surface area contributed by atoms with Gasteiger partial charge in [0.05, 0.1) is 18.9 Å². The van der Waals surface area contributed by atoms with Crippen LogP contribution in [0.3, 0.4) is 0 Å². The van der Waals surface area contributed by atoms with Crippen molar-refractivity contribution in [3.05, 3.63) is 21.2 Å². The van der Waals surface area contributed by atoms with Gasteiger partial charge in [0.2, 0.25) is 5.91 Å². The molecule has 0 radical (unpaired) electrons. The van der Waals surface area contributed by atoms with Gasteiger partial charge in [-0.3, -0.25) is 4.79 Å². The van der Waals surface area contributed by atoms with Crippen molar-refractivity contribution in [3.8, 4) is 11.8 Å². The van der Waals surface area contributed by atoms with Gasteiger partial charge < -0.3 is 10.1 Å². The molecule has 0 aromatic heterocycles. The Bertz CT molecular complexity index is 601. The molecule has 1 N–H and O–H groups in total. The Hall–Kier alpha value is -1.54. The van der Waals surface area contributed by atoms with E-state index in [1.54, 1.807) is 21.0 Å². The zero-order valence-electron chi connectivity index (χ0n) is 12.6. The van der Waals surface area contributed by atoms with Crippen molar-refractivity contribution in [2.75, 3.05) is 12.4 Å². The van der Waals surface area contributed by atoms with Gasteiger partial charge >= 0.3 is 0 Å². The van der Waals surface area contributed by atoms with Crippen LogP contribution in [-0.4, -0.2) is 13.0 Å². The van der Waals surface area contributed by atoms with Crippen LogP contribution >= 0.6 is 15.9 Å². The largest absolute Gasteiger partial charge is 0.494 e. The van der Waals surface area contributed by atoms with E-state index in [0.717, 1.165) is 21.2 Å². The zero-order chi connectivity index (χ0) is 15.7. The van der Waals surface area contributed by atoms with Gasteiger partial charge in [0.1, 0.15) is 11.2 Å². The molecule has 5 heteroatoms. The fourth-order valence-electron chi connectivity index (χ4n) is 1.81. The summed E-state index contributed by atoms with van der Waals surface area (Å²) < 4.78 is 6.35. The number of hydrogen-bond acceptors (Lipinski definition) is 3. The van der Waals surface area contributed by atoms with E-state index in [9.17, 15) is 4.79 Å². The van der Waals surface area contributed by atoms with Crippen LogP contribution in [0.15, 0.2) is 4.47 Å². The molecular weight excluding hydrogens is 320 g/mol. The molecule has 0 aliphatic heterocycles. The van der Waals surface area contributed by atoms with Gasteiger partial charge in [0, 0.05) is 4.47 Å². The lowest BCUT2D eigenvalue weighted by Crippen LogP contribution is -2.29. The van der Waals surface area contributed by atoms with Gasteiger partial charge in [-0.15, -0.1) is 0 Å². The molecule has 0 spiro atoms. The summed E-state index contributed by atoms with van der Waals surface area (Å²) in [4.78, 5) is 12.2. The molecule has 0 saturated heterocycles. The van der Waals surface area contributed by atoms with Gasteiger partial charge in [-0.25, -0.2) is 0 Å². The number of nitrogens with zero attached hydrogens (tertiary/aromatic N) is 1. The van der Waals surface area contributed by atoms with Gasteiger partial charge in [-0.05, 0) is 51.3 Å². The summed E-state index contributed by atoms with van der Waals surface area (Å²) in [6, 6.07) is 1.99. The van der Waals surface area contributed by atoms with E-state index >= 15 is 0 Å². The van der Waals surface area contributed by atoms with Crippen LogP contribution in [0.4, 0.5) is 5.69 Å². The molecule has 1 amide bonds. The normalized spacial score (nSPS) is 10.9. The highest BCUT2D eigenvalue weighted by molar-refractivity contribution is 9.10. The predicted molar refractivity (Wildman–Crippen MR) is 82.9 cm³/mol. The van der Waals surface area contributed by atoms with Crippen LogP contribution in [0.25, 0.3) is 0 Å². The number of carbonyl (C=O) groups excluding carboxylic acids is 1. The molecule has 20 heavy (non-hydrogen) atoms. The van der Waals surface area contributed by atoms with E-state index in [1.165, 1.54) is 0 Å². The summed E-state index contributed by atoms with van der Waals surface area (Å²) in [5.74, 6) is 0.279. The highest BCUT2D eigenvalue weighted by Crippen LogP contribution is 2.40. The average molecular weight is 339 g/mol. The van der Waals surface area contributed by atoms with Crippen molar-refractivity contribution < 1.29 is 9.53 Å². The van der Waals surface area contributed by atoms with Gasteiger partial charge in [-0.2, -0.15) is 5.26 Å². The van der Waals surface area contributed by atoms with Crippen LogP contribution in [-0.2, 0) is 4.79 Å². The maximum absolute atomic E-state index is 12.2. The standard InChI is InChI=1S/C15H19BrN2O2/c1-8-9(2)13(20-6)12(10(3)11(8)16)18-14(19)15(4,5)7-17/h1-6H3,(H,18,19). The molecule has 1 aromatic carbocycles. The fourth-order valence-corrected chi connectivity index (χ4v) is 2.31. The Kier molecular flexibility index (Phi) is 4.82. The topological polar surface area (TPSA) is 62.1 Å². The van der Waals surface area contributed by atoms with Gasteiger partial charge in [0.15, 0.2) is 0 Å². The van der Waals surface area contributed by atoms with E-state index in [1.807, 2.05) is 26.8 Å². The number of rotatable bonds is 3. The maximum atomic E-state index is 12.2. The summed E-state index contributed by atoms with van der Waals surface area (Å²) in [6.45, 7) is 8.98. The Morgan fingerprint density at radius 3 is 2.25 bits per heavy atom. The van der Waals surface area contributed by atoms with Crippen molar-refractivity contribution >= 4 is 27.5 Å². The number of nitriles is 1. The first kappa shape index (κ1) is 16.5. The smallest absolute Gasteiger partial charge is 0.244 e. The predicted octanol–water partition coefficient (Wildman–Crippen LogP) is 3.87. The third-order valence-electron chi connectivity index (χ3n) is 3.45. The Labute approximate surface area is 128 Å². The fraction of sp³-hybridized carbons (Fsp3) is 0.467. The van der Waals surface area contributed by atoms with Crippen LogP contribution in [0.5, 0.6) is 5.75 Å². The Morgan fingerprint density at radius 1 is 1.25 bits per heavy atom. The van der Waals surface area contributed by atoms with Crippen molar-refractivity contribution in [3.63, 3.8) is 0 Å². The monoisotopic (exact) mass is 338 g/mol. The lowest BCUT2D eigenvalue weighted by molar-refractivity contribution is -0.121. The molecule has 1 aromatic rings.